The summed E-state index contributed by atoms with van der Waals surface area (Å²) in [6.45, 7) is 0.713. The Kier molecular flexibility index (Phi) is 5.86. The van der Waals surface area contributed by atoms with Crippen LogP contribution in [0.25, 0.3) is 11.3 Å². The molecule has 2 aromatic carbocycles. The fourth-order valence-corrected chi connectivity index (χ4v) is 3.64. The number of carbonyl (C=O) groups excluding carboxylic acids is 1. The van der Waals surface area contributed by atoms with Crippen LogP contribution in [-0.2, 0) is 13.0 Å². The SMILES string of the molecule is COc1cc(-c2cc(=O)n3c(n2)CCCCC3)ccc1OC(=O)c1ccc(Cl)cc1. The number of nitrogens with zero attached hydrogens (tertiary/aromatic N) is 2. The minimum atomic E-state index is -0.515. The molecule has 0 radical (unpaired) electrons. The van der Waals surface area contributed by atoms with Gasteiger partial charge in [-0.1, -0.05) is 18.0 Å². The number of hydrogen-bond acceptors (Lipinski definition) is 5. The topological polar surface area (TPSA) is 70.4 Å². The fourth-order valence-electron chi connectivity index (χ4n) is 3.52. The minimum Gasteiger partial charge on any atom is -0.493 e. The van der Waals surface area contributed by atoms with Crippen molar-refractivity contribution in [3.8, 4) is 22.8 Å². The van der Waals surface area contributed by atoms with Gasteiger partial charge in [0.1, 0.15) is 5.82 Å². The van der Waals surface area contributed by atoms with Gasteiger partial charge in [0.15, 0.2) is 11.5 Å². The Morgan fingerprint density at radius 3 is 2.60 bits per heavy atom. The average Bonchev–Trinajstić information content (AvgIpc) is 3.00. The highest BCUT2D eigenvalue weighted by Crippen LogP contribution is 2.32. The van der Waals surface area contributed by atoms with Crippen molar-refractivity contribution in [2.75, 3.05) is 7.11 Å². The van der Waals surface area contributed by atoms with Gasteiger partial charge < -0.3 is 9.47 Å². The monoisotopic (exact) mass is 424 g/mol. The highest BCUT2D eigenvalue weighted by atomic mass is 35.5. The smallest absolute Gasteiger partial charge is 0.343 e. The summed E-state index contributed by atoms with van der Waals surface area (Å²) >= 11 is 5.86. The molecule has 0 saturated carbocycles. The first-order valence-electron chi connectivity index (χ1n) is 9.82. The van der Waals surface area contributed by atoms with E-state index in [9.17, 15) is 9.59 Å². The third kappa shape index (κ3) is 4.24. The summed E-state index contributed by atoms with van der Waals surface area (Å²) in [6.07, 6.45) is 3.91. The van der Waals surface area contributed by atoms with Gasteiger partial charge in [-0.15, -0.1) is 0 Å². The van der Waals surface area contributed by atoms with E-state index in [0.29, 0.717) is 28.6 Å². The summed E-state index contributed by atoms with van der Waals surface area (Å²) in [5.74, 6) is 0.964. The summed E-state index contributed by atoms with van der Waals surface area (Å²) in [6, 6.07) is 13.1. The quantitative estimate of drug-likeness (QED) is 0.455. The lowest BCUT2D eigenvalue weighted by Gasteiger charge is -2.13. The molecule has 2 heterocycles. The summed E-state index contributed by atoms with van der Waals surface area (Å²) in [4.78, 5) is 29.7. The maximum atomic E-state index is 12.6. The van der Waals surface area contributed by atoms with Crippen LogP contribution in [0.4, 0.5) is 0 Å². The second-order valence-corrected chi connectivity index (χ2v) is 7.56. The molecule has 154 valence electrons. The number of benzene rings is 2. The van der Waals surface area contributed by atoms with Gasteiger partial charge in [-0.3, -0.25) is 9.36 Å². The summed E-state index contributed by atoms with van der Waals surface area (Å²) in [5.41, 5.74) is 1.64. The van der Waals surface area contributed by atoms with Crippen molar-refractivity contribution in [2.24, 2.45) is 0 Å². The fraction of sp³-hybridized carbons (Fsp3) is 0.261. The molecule has 30 heavy (non-hydrogen) atoms. The van der Waals surface area contributed by atoms with Crippen molar-refractivity contribution in [1.82, 2.24) is 9.55 Å². The molecule has 1 aliphatic rings. The Hall–Kier alpha value is -3.12. The Morgan fingerprint density at radius 2 is 1.83 bits per heavy atom. The van der Waals surface area contributed by atoms with E-state index in [0.717, 1.165) is 37.1 Å². The minimum absolute atomic E-state index is 0.0471. The van der Waals surface area contributed by atoms with Crippen molar-refractivity contribution >= 4 is 17.6 Å². The van der Waals surface area contributed by atoms with Crippen LogP contribution in [-0.4, -0.2) is 22.6 Å². The molecule has 0 fully saturated rings. The highest BCUT2D eigenvalue weighted by molar-refractivity contribution is 6.30. The number of carbonyl (C=O) groups is 1. The van der Waals surface area contributed by atoms with Crippen molar-refractivity contribution in [3.05, 3.63) is 75.3 Å². The standard InChI is InChI=1S/C23H21ClN2O4/c1-29-20-13-16(18-14-22(27)26-12-4-2-3-5-21(26)25-18)8-11-19(20)30-23(28)15-6-9-17(24)10-7-15/h6-11,13-14H,2-5,12H2,1H3. The normalized spacial score (nSPS) is 13.3. The number of esters is 1. The largest absolute Gasteiger partial charge is 0.493 e. The van der Waals surface area contributed by atoms with Crippen LogP contribution >= 0.6 is 11.6 Å². The van der Waals surface area contributed by atoms with Crippen LogP contribution in [0.1, 0.15) is 35.4 Å². The number of rotatable bonds is 4. The molecule has 0 saturated heterocycles. The molecule has 1 aromatic heterocycles. The molecule has 7 heteroatoms. The summed E-state index contributed by atoms with van der Waals surface area (Å²) < 4.78 is 12.7. The van der Waals surface area contributed by atoms with Gasteiger partial charge in [0.05, 0.1) is 18.4 Å². The van der Waals surface area contributed by atoms with Gasteiger partial charge in [0.2, 0.25) is 0 Å². The molecule has 0 unspecified atom stereocenters. The molecule has 0 bridgehead atoms. The van der Waals surface area contributed by atoms with Crippen LogP contribution in [0.2, 0.25) is 5.02 Å². The Balaban J connectivity index is 1.63. The Morgan fingerprint density at radius 1 is 1.03 bits per heavy atom. The molecule has 4 rings (SSSR count). The summed E-state index contributed by atoms with van der Waals surface area (Å²) in [7, 11) is 1.50. The zero-order chi connectivity index (χ0) is 21.1. The van der Waals surface area contributed by atoms with Crippen LogP contribution < -0.4 is 15.0 Å². The van der Waals surface area contributed by atoms with Crippen molar-refractivity contribution in [1.29, 1.82) is 0 Å². The zero-order valence-electron chi connectivity index (χ0n) is 16.6. The molecular formula is C23H21ClN2O4. The van der Waals surface area contributed by atoms with Gasteiger partial charge in [0.25, 0.3) is 5.56 Å². The predicted octanol–water partition coefficient (Wildman–Crippen LogP) is 4.52. The van der Waals surface area contributed by atoms with Crippen LogP contribution in [0.15, 0.2) is 53.3 Å². The lowest BCUT2D eigenvalue weighted by atomic mass is 10.1. The molecule has 0 spiro atoms. The third-order valence-electron chi connectivity index (χ3n) is 5.11. The van der Waals surface area contributed by atoms with Gasteiger partial charge in [-0.2, -0.15) is 0 Å². The van der Waals surface area contributed by atoms with E-state index in [2.05, 4.69) is 0 Å². The molecule has 0 aliphatic carbocycles. The first kappa shape index (κ1) is 20.2. The van der Waals surface area contributed by atoms with E-state index in [1.165, 1.54) is 7.11 Å². The number of aromatic nitrogens is 2. The first-order chi connectivity index (χ1) is 14.5. The Bertz CT molecular complexity index is 1140. The van der Waals surface area contributed by atoms with Crippen LogP contribution in [0.3, 0.4) is 0 Å². The van der Waals surface area contributed by atoms with Crippen molar-refractivity contribution in [2.45, 2.75) is 32.2 Å². The molecule has 0 atom stereocenters. The number of methoxy groups -OCH3 is 1. The molecule has 0 N–H and O–H groups in total. The molecule has 3 aromatic rings. The van der Waals surface area contributed by atoms with E-state index < -0.39 is 5.97 Å². The second kappa shape index (κ2) is 8.71. The number of ether oxygens (including phenoxy) is 2. The summed E-state index contributed by atoms with van der Waals surface area (Å²) in [5, 5.41) is 0.539. The lowest BCUT2D eigenvalue weighted by Crippen LogP contribution is -2.23. The van der Waals surface area contributed by atoms with E-state index in [-0.39, 0.29) is 11.3 Å². The van der Waals surface area contributed by atoms with E-state index in [1.54, 1.807) is 53.1 Å². The van der Waals surface area contributed by atoms with Gasteiger partial charge >= 0.3 is 5.97 Å². The van der Waals surface area contributed by atoms with E-state index in [1.807, 2.05) is 0 Å². The molecular weight excluding hydrogens is 404 g/mol. The van der Waals surface area contributed by atoms with Gasteiger partial charge in [-0.25, -0.2) is 9.78 Å². The molecule has 0 amide bonds. The maximum Gasteiger partial charge on any atom is 0.343 e. The number of halogens is 1. The maximum absolute atomic E-state index is 12.6. The van der Waals surface area contributed by atoms with Crippen LogP contribution in [0, 0.1) is 0 Å². The predicted molar refractivity (Wildman–Crippen MR) is 114 cm³/mol. The van der Waals surface area contributed by atoms with Gasteiger partial charge in [-0.05, 0) is 55.3 Å². The number of aryl methyl sites for hydroxylation is 1. The first-order valence-corrected chi connectivity index (χ1v) is 10.2. The Labute approximate surface area is 179 Å². The van der Waals surface area contributed by atoms with Crippen LogP contribution in [0.5, 0.6) is 11.5 Å². The molecule has 6 nitrogen and oxygen atoms in total. The molecule has 1 aliphatic heterocycles. The second-order valence-electron chi connectivity index (χ2n) is 7.12. The lowest BCUT2D eigenvalue weighted by molar-refractivity contribution is 0.0730. The van der Waals surface area contributed by atoms with E-state index in [4.69, 9.17) is 26.1 Å². The number of fused-ring (bicyclic) bond motifs is 1. The van der Waals surface area contributed by atoms with E-state index >= 15 is 0 Å². The zero-order valence-corrected chi connectivity index (χ0v) is 17.3. The van der Waals surface area contributed by atoms with Gasteiger partial charge in [0, 0.05) is 29.6 Å². The highest BCUT2D eigenvalue weighted by Gasteiger charge is 2.16. The van der Waals surface area contributed by atoms with Crippen molar-refractivity contribution in [3.63, 3.8) is 0 Å². The number of hydrogen-bond donors (Lipinski definition) is 0. The average molecular weight is 425 g/mol. The third-order valence-corrected chi connectivity index (χ3v) is 5.36. The van der Waals surface area contributed by atoms with Crippen molar-refractivity contribution < 1.29 is 14.3 Å².